The van der Waals surface area contributed by atoms with Gasteiger partial charge in [-0.2, -0.15) is 0 Å². The number of phenolic OH excluding ortho intramolecular Hbond substituents is 5. The first-order valence-corrected chi connectivity index (χ1v) is 14.9. The number of esters is 2. The number of hydrogen-bond acceptors (Lipinski definition) is 14. The minimum atomic E-state index is -2.36. The van der Waals surface area contributed by atoms with Gasteiger partial charge in [-0.25, -0.2) is 14.4 Å². The van der Waals surface area contributed by atoms with E-state index in [0.717, 1.165) is 19.3 Å². The molecular formula is C36H38O15. The number of hydrogen-bond donors (Lipinski definition) is 8. The number of aldehydes is 1. The van der Waals surface area contributed by atoms with Crippen LogP contribution in [0, 0.1) is 0 Å². The Morgan fingerprint density at radius 2 is 1.12 bits per heavy atom. The van der Waals surface area contributed by atoms with Crippen LogP contribution in [0.25, 0.3) is 18.2 Å². The summed E-state index contributed by atoms with van der Waals surface area (Å²) in [5.41, 5.74) is -0.743. The number of carbonyl (C=O) groups excluding carboxylic acids is 3. The quantitative estimate of drug-likeness (QED) is 0.0651. The molecule has 15 heteroatoms. The Labute approximate surface area is 291 Å². The molecule has 3 aromatic rings. The summed E-state index contributed by atoms with van der Waals surface area (Å²) in [5, 5.41) is 73.5. The van der Waals surface area contributed by atoms with Crippen LogP contribution >= 0.6 is 0 Å². The number of carboxylic acid groups (broad SMARTS) is 1. The highest BCUT2D eigenvalue weighted by molar-refractivity contribution is 5.88. The number of aromatic hydroxyl groups is 5. The number of rotatable bonds is 10. The molecular weight excluding hydrogens is 672 g/mol. The molecule has 0 bridgehead atoms. The van der Waals surface area contributed by atoms with Crippen molar-refractivity contribution < 1.29 is 74.2 Å². The van der Waals surface area contributed by atoms with Crippen molar-refractivity contribution in [2.45, 2.75) is 36.8 Å². The van der Waals surface area contributed by atoms with E-state index in [1.807, 2.05) is 0 Å². The molecule has 1 aliphatic carbocycles. The van der Waals surface area contributed by atoms with Crippen molar-refractivity contribution in [3.63, 3.8) is 0 Å². The first-order chi connectivity index (χ1) is 24.2. The largest absolute Gasteiger partial charge is 0.508 e. The lowest BCUT2D eigenvalue weighted by atomic mass is 9.79. The molecule has 51 heavy (non-hydrogen) atoms. The van der Waals surface area contributed by atoms with E-state index in [-0.39, 0.29) is 23.0 Å². The zero-order valence-corrected chi connectivity index (χ0v) is 27.4. The van der Waals surface area contributed by atoms with Crippen LogP contribution in [0.3, 0.4) is 0 Å². The summed E-state index contributed by atoms with van der Waals surface area (Å²) >= 11 is 0. The number of aliphatic hydroxyl groups is 2. The zero-order valence-electron chi connectivity index (χ0n) is 27.4. The van der Waals surface area contributed by atoms with Crippen LogP contribution in [0.2, 0.25) is 0 Å². The molecule has 0 radical (unpaired) electrons. The van der Waals surface area contributed by atoms with E-state index in [2.05, 4.69) is 0 Å². The number of methoxy groups -OCH3 is 1. The molecule has 1 aliphatic rings. The first kappa shape index (κ1) is 41.0. The molecule has 1 saturated carbocycles. The Morgan fingerprint density at radius 3 is 1.53 bits per heavy atom. The predicted molar refractivity (Wildman–Crippen MR) is 181 cm³/mol. The highest BCUT2D eigenvalue weighted by Crippen LogP contribution is 2.35. The molecule has 4 unspecified atom stereocenters. The van der Waals surface area contributed by atoms with E-state index in [4.69, 9.17) is 29.5 Å². The molecule has 0 amide bonds. The molecule has 4 rings (SSSR count). The lowest BCUT2D eigenvalue weighted by Gasteiger charge is -2.41. The average Bonchev–Trinajstić information content (AvgIpc) is 3.10. The molecule has 0 heterocycles. The molecule has 8 N–H and O–H groups in total. The summed E-state index contributed by atoms with van der Waals surface area (Å²) < 4.78 is 16.1. The summed E-state index contributed by atoms with van der Waals surface area (Å²) in [7, 11) is 2.26. The number of phenols is 5. The van der Waals surface area contributed by atoms with Gasteiger partial charge in [0, 0.05) is 39.2 Å². The maximum absolute atomic E-state index is 12.4. The van der Waals surface area contributed by atoms with Crippen molar-refractivity contribution >= 4 is 42.4 Å². The Morgan fingerprint density at radius 1 is 0.686 bits per heavy atom. The van der Waals surface area contributed by atoms with Crippen molar-refractivity contribution in [3.8, 4) is 28.7 Å². The summed E-state index contributed by atoms with van der Waals surface area (Å²) in [6.45, 7) is 0. The van der Waals surface area contributed by atoms with Gasteiger partial charge in [0.1, 0.15) is 30.3 Å². The van der Waals surface area contributed by atoms with Gasteiger partial charge in [0.2, 0.25) is 0 Å². The molecule has 0 spiro atoms. The molecule has 4 atom stereocenters. The van der Waals surface area contributed by atoms with Crippen LogP contribution in [0.5, 0.6) is 28.7 Å². The van der Waals surface area contributed by atoms with Crippen molar-refractivity contribution in [2.75, 3.05) is 14.2 Å². The van der Waals surface area contributed by atoms with Crippen molar-refractivity contribution in [1.82, 2.24) is 0 Å². The Balaban J connectivity index is 0.000000540. The number of allylic oxidation sites excluding steroid dienone is 1. The van der Waals surface area contributed by atoms with Gasteiger partial charge in [0.15, 0.2) is 28.6 Å². The zero-order chi connectivity index (χ0) is 38.1. The van der Waals surface area contributed by atoms with Crippen molar-refractivity contribution in [3.05, 3.63) is 95.6 Å². The van der Waals surface area contributed by atoms with Crippen LogP contribution in [0.1, 0.15) is 29.5 Å². The molecule has 0 saturated heterocycles. The van der Waals surface area contributed by atoms with Crippen LogP contribution in [-0.4, -0.2) is 103 Å². The molecule has 15 nitrogen and oxygen atoms in total. The minimum absolute atomic E-state index is 0.0504. The number of carboxylic acids is 1. The second-order valence-electron chi connectivity index (χ2n) is 10.6. The smallest absolute Gasteiger partial charge is 0.335 e. The highest BCUT2D eigenvalue weighted by Gasteiger charge is 2.53. The van der Waals surface area contributed by atoms with Crippen LogP contribution in [0.15, 0.2) is 78.9 Å². The van der Waals surface area contributed by atoms with Gasteiger partial charge >= 0.3 is 17.9 Å². The van der Waals surface area contributed by atoms with E-state index in [1.54, 1.807) is 18.2 Å². The third kappa shape index (κ3) is 12.7. The summed E-state index contributed by atoms with van der Waals surface area (Å²) in [6, 6.07) is 14.2. The Hall–Kier alpha value is -6.16. The van der Waals surface area contributed by atoms with Gasteiger partial charge in [-0.3, -0.25) is 4.79 Å². The fraction of sp³-hybridized carbons (Fsp3) is 0.222. The fourth-order valence-electron chi connectivity index (χ4n) is 4.65. The maximum atomic E-state index is 12.4. The van der Waals surface area contributed by atoms with Crippen LogP contribution < -0.4 is 0 Å². The monoisotopic (exact) mass is 710 g/mol. The summed E-state index contributed by atoms with van der Waals surface area (Å²) in [4.78, 5) is 46.6. The van der Waals surface area contributed by atoms with E-state index in [9.17, 15) is 44.7 Å². The SMILES string of the molecule is CO.COC1C(OC(=O)/C=C/c2ccc(O)cc2)CC(O)(C(=O)O)CC1OC(=O)/C=C/c1ccc(O)c(O)c1.O=C/C=C/c1ccc(O)c(O)c1. The number of benzene rings is 3. The maximum Gasteiger partial charge on any atom is 0.335 e. The van der Waals surface area contributed by atoms with Crippen LogP contribution in [-0.2, 0) is 33.4 Å². The summed E-state index contributed by atoms with van der Waals surface area (Å²) in [5.74, 6) is -4.39. The van der Waals surface area contributed by atoms with Gasteiger partial charge in [-0.15, -0.1) is 0 Å². The van der Waals surface area contributed by atoms with Gasteiger partial charge in [0.05, 0.1) is 0 Å². The molecule has 3 aromatic carbocycles. The normalized spacial score (nSPS) is 19.7. The van der Waals surface area contributed by atoms with Gasteiger partial charge in [-0.1, -0.05) is 30.3 Å². The second kappa shape index (κ2) is 19.7. The summed E-state index contributed by atoms with van der Waals surface area (Å²) in [6.07, 6.45) is 3.63. The topological polar surface area (TPSA) is 258 Å². The second-order valence-corrected chi connectivity index (χ2v) is 10.6. The third-order valence-electron chi connectivity index (χ3n) is 7.10. The predicted octanol–water partition coefficient (Wildman–Crippen LogP) is 2.90. The van der Waals surface area contributed by atoms with E-state index in [1.165, 1.54) is 73.9 Å². The minimum Gasteiger partial charge on any atom is -0.508 e. The number of carbonyl (C=O) groups is 4. The van der Waals surface area contributed by atoms with E-state index in [0.29, 0.717) is 23.0 Å². The lowest BCUT2D eigenvalue weighted by Crippen LogP contribution is -2.58. The number of aliphatic hydroxyl groups excluding tert-OH is 1. The van der Waals surface area contributed by atoms with Crippen LogP contribution in [0.4, 0.5) is 0 Å². The van der Waals surface area contributed by atoms with E-state index >= 15 is 0 Å². The van der Waals surface area contributed by atoms with Crippen molar-refractivity contribution in [2.24, 2.45) is 0 Å². The first-order valence-electron chi connectivity index (χ1n) is 14.9. The fourth-order valence-corrected chi connectivity index (χ4v) is 4.65. The number of ether oxygens (including phenoxy) is 3. The number of aliphatic carboxylic acids is 1. The van der Waals surface area contributed by atoms with Gasteiger partial charge in [0.25, 0.3) is 0 Å². The molecule has 272 valence electrons. The molecule has 1 fully saturated rings. The van der Waals surface area contributed by atoms with Gasteiger partial charge in [-0.05, 0) is 71.3 Å². The van der Waals surface area contributed by atoms with Gasteiger partial charge < -0.3 is 55.1 Å². The Bertz CT molecular complexity index is 1730. The molecule has 0 aromatic heterocycles. The standard InChI is InChI=1S/C26H26O11.C9H8O3.CH4O/c1-35-24-20(36-22(30)10-5-15-2-7-17(27)8-3-15)13-26(34,25(32)33)14-21(24)37-23(31)11-6-16-4-9-18(28)19(29)12-16;10-5-1-2-7-3-4-8(11)9(12)6-7;1-2/h2-12,20-21,24,27-29,34H,13-14H2,1H3,(H,32,33);1-6,11-12H;2H,1H3/b10-5+,11-6+;2-1+;. The average molecular weight is 711 g/mol. The highest BCUT2D eigenvalue weighted by atomic mass is 16.6. The van der Waals surface area contributed by atoms with Crippen molar-refractivity contribution in [1.29, 1.82) is 0 Å². The van der Waals surface area contributed by atoms with E-state index < -0.39 is 60.4 Å². The third-order valence-corrected chi connectivity index (χ3v) is 7.10. The Kier molecular flexibility index (Phi) is 15.9. The lowest BCUT2D eigenvalue weighted by molar-refractivity contribution is -0.207. The molecule has 0 aliphatic heterocycles.